The number of benzene rings is 3. The number of nitrogens with one attached hydrogen (secondary N) is 3. The van der Waals surface area contributed by atoms with Crippen molar-refractivity contribution in [2.24, 2.45) is 0 Å². The number of anilines is 2. The first-order valence-electron chi connectivity index (χ1n) is 14.2. The van der Waals surface area contributed by atoms with Gasteiger partial charge >= 0.3 is 6.03 Å². The van der Waals surface area contributed by atoms with Crippen molar-refractivity contribution >= 4 is 39.3 Å². The maximum absolute atomic E-state index is 13.2. The molecule has 2 aromatic heterocycles. The van der Waals surface area contributed by atoms with E-state index in [1.54, 1.807) is 7.11 Å². The minimum absolute atomic E-state index is 0.0662. The molecule has 42 heavy (non-hydrogen) atoms. The Bertz CT molecular complexity index is 1750. The highest BCUT2D eigenvalue weighted by Gasteiger charge is 2.18. The Kier molecular flexibility index (Phi) is 7.53. The van der Waals surface area contributed by atoms with Crippen LogP contribution in [0.3, 0.4) is 0 Å². The van der Waals surface area contributed by atoms with Crippen molar-refractivity contribution in [3.05, 3.63) is 78.2 Å². The first-order chi connectivity index (χ1) is 20.3. The number of urea groups is 1. The molecule has 2 amide bonds. The number of pyridine rings is 1. The van der Waals surface area contributed by atoms with Crippen LogP contribution >= 0.6 is 0 Å². The molecule has 6 rings (SSSR count). The van der Waals surface area contributed by atoms with Crippen molar-refractivity contribution in [1.29, 1.82) is 0 Å². The molecule has 0 spiro atoms. The topological polar surface area (TPSA) is 104 Å². The number of amides is 2. The number of carbonyl (C=O) groups excluding carboxylic acids is 1. The summed E-state index contributed by atoms with van der Waals surface area (Å²) in [5.41, 5.74) is 5.94. The first kappa shape index (κ1) is 27.7. The molecule has 5 aromatic rings. The van der Waals surface area contributed by atoms with Gasteiger partial charge in [-0.3, -0.25) is 4.90 Å². The van der Waals surface area contributed by atoms with E-state index in [0.717, 1.165) is 77.3 Å². The summed E-state index contributed by atoms with van der Waals surface area (Å²) < 4.78 is 11.0. The van der Waals surface area contributed by atoms with Crippen LogP contribution < -0.4 is 15.4 Å². The van der Waals surface area contributed by atoms with E-state index in [0.29, 0.717) is 17.1 Å². The van der Waals surface area contributed by atoms with Crippen LogP contribution in [-0.2, 0) is 16.7 Å². The second-order valence-corrected chi connectivity index (χ2v) is 11.6. The van der Waals surface area contributed by atoms with Crippen LogP contribution in [-0.4, -0.2) is 59.3 Å². The molecule has 0 saturated carbocycles. The Balaban J connectivity index is 1.26. The molecule has 0 atom stereocenters. The molecule has 0 aliphatic carbocycles. The fourth-order valence-electron chi connectivity index (χ4n) is 5.35. The molecule has 0 bridgehead atoms. The van der Waals surface area contributed by atoms with Gasteiger partial charge in [0, 0.05) is 30.2 Å². The molecule has 216 valence electrons. The van der Waals surface area contributed by atoms with Gasteiger partial charge in [0.2, 0.25) is 0 Å². The highest BCUT2D eigenvalue weighted by atomic mass is 16.5. The van der Waals surface area contributed by atoms with Gasteiger partial charge in [-0.15, -0.1) is 0 Å². The largest absolute Gasteiger partial charge is 0.495 e. The number of aromatic amines is 1. The number of methoxy groups -OCH3 is 1. The molecular formula is C33H36N6O3. The van der Waals surface area contributed by atoms with Crippen LogP contribution in [0, 0.1) is 0 Å². The van der Waals surface area contributed by atoms with E-state index < -0.39 is 0 Å². The Morgan fingerprint density at radius 1 is 1.00 bits per heavy atom. The smallest absolute Gasteiger partial charge is 0.323 e. The Hall–Kier alpha value is -4.47. The molecule has 9 heteroatoms. The third-order valence-corrected chi connectivity index (χ3v) is 7.66. The lowest BCUT2D eigenvalue weighted by molar-refractivity contribution is 0.0332. The summed E-state index contributed by atoms with van der Waals surface area (Å²) in [6, 6.07) is 19.6. The Morgan fingerprint density at radius 2 is 1.76 bits per heavy atom. The average molecular weight is 565 g/mol. The zero-order chi connectivity index (χ0) is 29.3. The lowest BCUT2D eigenvalue weighted by atomic mass is 9.87. The number of nitrogens with zero attached hydrogens (tertiary/aromatic N) is 3. The van der Waals surface area contributed by atoms with Crippen molar-refractivity contribution in [2.45, 2.75) is 32.7 Å². The number of H-pyrrole nitrogens is 1. The van der Waals surface area contributed by atoms with Crippen LogP contribution in [0.15, 0.2) is 66.9 Å². The number of imidazole rings is 1. The Morgan fingerprint density at radius 3 is 2.52 bits per heavy atom. The van der Waals surface area contributed by atoms with Gasteiger partial charge in [0.25, 0.3) is 0 Å². The maximum atomic E-state index is 13.2. The van der Waals surface area contributed by atoms with Crippen LogP contribution in [0.1, 0.15) is 32.2 Å². The van der Waals surface area contributed by atoms with Crippen molar-refractivity contribution in [3.8, 4) is 16.9 Å². The molecule has 3 N–H and O–H groups in total. The monoisotopic (exact) mass is 564 g/mol. The molecule has 9 nitrogen and oxygen atoms in total. The van der Waals surface area contributed by atoms with E-state index in [1.165, 1.54) is 0 Å². The van der Waals surface area contributed by atoms with Crippen molar-refractivity contribution < 1.29 is 14.3 Å². The number of carbonyl (C=O) groups is 1. The van der Waals surface area contributed by atoms with Crippen molar-refractivity contribution in [2.75, 3.05) is 44.0 Å². The predicted molar refractivity (Wildman–Crippen MR) is 167 cm³/mol. The molecule has 3 aromatic carbocycles. The highest BCUT2D eigenvalue weighted by Crippen LogP contribution is 2.35. The van der Waals surface area contributed by atoms with Gasteiger partial charge in [-0.2, -0.15) is 0 Å². The van der Waals surface area contributed by atoms with Crippen LogP contribution in [0.4, 0.5) is 16.2 Å². The standard InChI is InChI=1S/C33H36N6O3/c1-33(2,3)22-9-12-29(41-4)27(18-22)37-32(40)36-26-11-10-23(24-7-5-6-8-25(24)26)21-17-28-31(34-19-21)38-30(35-28)20-39-13-15-42-16-14-39/h5-12,17-19H,13-16,20H2,1-4H3,(H,34,35,38)(H2,36,37,40). The molecular weight excluding hydrogens is 528 g/mol. The number of hydrogen-bond donors (Lipinski definition) is 3. The molecule has 1 saturated heterocycles. The van der Waals surface area contributed by atoms with Crippen molar-refractivity contribution in [1.82, 2.24) is 19.9 Å². The lowest BCUT2D eigenvalue weighted by Gasteiger charge is -2.25. The van der Waals surface area contributed by atoms with Gasteiger partial charge in [0.15, 0.2) is 5.65 Å². The van der Waals surface area contributed by atoms with Crippen molar-refractivity contribution in [3.63, 3.8) is 0 Å². The maximum Gasteiger partial charge on any atom is 0.323 e. The number of ether oxygens (including phenoxy) is 2. The van der Waals surface area contributed by atoms with E-state index in [9.17, 15) is 4.79 Å². The summed E-state index contributed by atoms with van der Waals surface area (Å²) in [6.07, 6.45) is 1.87. The number of rotatable bonds is 6. The van der Waals surface area contributed by atoms with Gasteiger partial charge < -0.3 is 25.1 Å². The van der Waals surface area contributed by atoms with Gasteiger partial charge in [0.05, 0.1) is 38.2 Å². The highest BCUT2D eigenvalue weighted by molar-refractivity contribution is 6.10. The number of aromatic nitrogens is 3. The number of morpholine rings is 1. The third kappa shape index (κ3) is 5.79. The average Bonchev–Trinajstić information content (AvgIpc) is 3.39. The number of hydrogen-bond acceptors (Lipinski definition) is 6. The first-order valence-corrected chi connectivity index (χ1v) is 14.2. The van der Waals surface area contributed by atoms with Crippen LogP contribution in [0.5, 0.6) is 5.75 Å². The van der Waals surface area contributed by atoms with E-state index in [4.69, 9.17) is 14.5 Å². The predicted octanol–water partition coefficient (Wildman–Crippen LogP) is 6.56. The third-order valence-electron chi connectivity index (χ3n) is 7.66. The molecule has 1 aliphatic rings. The lowest BCUT2D eigenvalue weighted by Crippen LogP contribution is -2.35. The quantitative estimate of drug-likeness (QED) is 0.216. The van der Waals surface area contributed by atoms with E-state index >= 15 is 0 Å². The molecule has 1 fully saturated rings. The summed E-state index contributed by atoms with van der Waals surface area (Å²) in [7, 11) is 1.60. The minimum Gasteiger partial charge on any atom is -0.495 e. The summed E-state index contributed by atoms with van der Waals surface area (Å²) >= 11 is 0. The number of fused-ring (bicyclic) bond motifs is 2. The minimum atomic E-state index is -0.343. The van der Waals surface area contributed by atoms with Gasteiger partial charge in [-0.25, -0.2) is 14.8 Å². The summed E-state index contributed by atoms with van der Waals surface area (Å²) in [4.78, 5) is 28.4. The van der Waals surface area contributed by atoms with Crippen LogP contribution in [0.2, 0.25) is 0 Å². The fraction of sp³-hybridized carbons (Fsp3) is 0.303. The van der Waals surface area contributed by atoms with E-state index in [2.05, 4.69) is 58.4 Å². The zero-order valence-corrected chi connectivity index (χ0v) is 24.5. The van der Waals surface area contributed by atoms with E-state index in [-0.39, 0.29) is 11.4 Å². The van der Waals surface area contributed by atoms with Crippen LogP contribution in [0.25, 0.3) is 33.1 Å². The SMILES string of the molecule is COc1ccc(C(C)(C)C)cc1NC(=O)Nc1ccc(-c2cnc3[nH]c(CN4CCOCC4)nc3c2)c2ccccc12. The van der Waals surface area contributed by atoms with E-state index in [1.807, 2.05) is 54.7 Å². The van der Waals surface area contributed by atoms with Gasteiger partial charge in [-0.1, -0.05) is 57.2 Å². The molecule has 1 aliphatic heterocycles. The summed E-state index contributed by atoms with van der Waals surface area (Å²) in [5.74, 6) is 1.50. The summed E-state index contributed by atoms with van der Waals surface area (Å²) in [6.45, 7) is 10.4. The second kappa shape index (κ2) is 11.4. The van der Waals surface area contributed by atoms with Gasteiger partial charge in [0.1, 0.15) is 17.1 Å². The summed E-state index contributed by atoms with van der Waals surface area (Å²) in [5, 5.41) is 7.95. The fourth-order valence-corrected chi connectivity index (χ4v) is 5.35. The molecule has 0 unspecified atom stereocenters. The Labute approximate surface area is 245 Å². The molecule has 0 radical (unpaired) electrons. The zero-order valence-electron chi connectivity index (χ0n) is 24.5. The van der Waals surface area contributed by atoms with Gasteiger partial charge in [-0.05, 0) is 46.2 Å². The second-order valence-electron chi connectivity index (χ2n) is 11.6. The molecule has 3 heterocycles. The normalized spacial score (nSPS) is 14.3.